The Hall–Kier alpha value is -3.95. The van der Waals surface area contributed by atoms with Crippen molar-refractivity contribution in [2.45, 2.75) is 26.2 Å². The fourth-order valence-corrected chi connectivity index (χ4v) is 5.36. The molecule has 2 aromatic carbocycles. The van der Waals surface area contributed by atoms with Gasteiger partial charge < -0.3 is 14.4 Å². The number of para-hydroxylation sites is 1. The standard InChI is InChI=1S/C25H21N5O3S/c1-16-23-19(13-22(31)28(16)15-21-26-11-12-33-21)29(14-17-7-3-2-4-8-17)30(24(23)32)25-27-18-9-5-6-10-20(18)34-25/h2-13,22,31H,14-15H2,1H3. The van der Waals surface area contributed by atoms with E-state index in [2.05, 4.69) is 4.98 Å². The van der Waals surface area contributed by atoms with Crippen molar-refractivity contribution in [1.29, 1.82) is 0 Å². The molecule has 1 unspecified atom stereocenters. The van der Waals surface area contributed by atoms with Crippen LogP contribution in [0, 0.1) is 0 Å². The quantitative estimate of drug-likeness (QED) is 0.422. The van der Waals surface area contributed by atoms with Crippen LogP contribution < -0.4 is 16.1 Å². The maximum atomic E-state index is 13.9. The van der Waals surface area contributed by atoms with Crippen LogP contribution in [0.2, 0.25) is 0 Å². The molecule has 6 rings (SSSR count). The molecule has 3 aromatic heterocycles. The van der Waals surface area contributed by atoms with Crippen molar-refractivity contribution in [3.8, 4) is 5.13 Å². The highest BCUT2D eigenvalue weighted by Crippen LogP contribution is 2.24. The second kappa shape index (κ2) is 8.12. The van der Waals surface area contributed by atoms with Gasteiger partial charge in [-0.2, -0.15) is 4.68 Å². The van der Waals surface area contributed by atoms with Gasteiger partial charge in [-0.1, -0.05) is 53.8 Å². The Morgan fingerprint density at radius 1 is 1.09 bits per heavy atom. The van der Waals surface area contributed by atoms with Gasteiger partial charge in [0.05, 0.1) is 40.1 Å². The highest BCUT2D eigenvalue weighted by molar-refractivity contribution is 7.20. The normalized spacial score (nSPS) is 15.5. The van der Waals surface area contributed by atoms with E-state index in [-0.39, 0.29) is 12.1 Å². The molecular weight excluding hydrogens is 450 g/mol. The lowest BCUT2D eigenvalue weighted by Crippen LogP contribution is -2.49. The van der Waals surface area contributed by atoms with Crippen molar-refractivity contribution < 1.29 is 9.52 Å². The minimum atomic E-state index is -0.938. The molecule has 170 valence electrons. The molecule has 0 amide bonds. The zero-order valence-electron chi connectivity index (χ0n) is 18.3. The minimum Gasteiger partial charge on any atom is -0.447 e. The van der Waals surface area contributed by atoms with Crippen molar-refractivity contribution in [2.24, 2.45) is 0 Å². The Morgan fingerprint density at radius 2 is 1.88 bits per heavy atom. The van der Waals surface area contributed by atoms with Gasteiger partial charge in [-0.3, -0.25) is 9.48 Å². The summed E-state index contributed by atoms with van der Waals surface area (Å²) in [4.78, 5) is 24.5. The van der Waals surface area contributed by atoms with Crippen molar-refractivity contribution in [3.05, 3.63) is 99.4 Å². The van der Waals surface area contributed by atoms with E-state index in [9.17, 15) is 9.90 Å². The zero-order chi connectivity index (χ0) is 23.2. The number of nitrogens with zero attached hydrogens (tertiary/aromatic N) is 5. The van der Waals surface area contributed by atoms with Crippen molar-refractivity contribution in [3.63, 3.8) is 0 Å². The lowest BCUT2D eigenvalue weighted by molar-refractivity contribution is 0.0859. The van der Waals surface area contributed by atoms with Gasteiger partial charge in [0.1, 0.15) is 12.5 Å². The molecule has 4 heterocycles. The first-order valence-electron chi connectivity index (χ1n) is 10.9. The number of oxazole rings is 1. The largest absolute Gasteiger partial charge is 0.447 e. The van der Waals surface area contributed by atoms with Crippen LogP contribution in [0.4, 0.5) is 0 Å². The van der Waals surface area contributed by atoms with Gasteiger partial charge in [0, 0.05) is 5.70 Å². The number of hydrogen-bond acceptors (Lipinski definition) is 7. The Kier molecular flexibility index (Phi) is 4.93. The van der Waals surface area contributed by atoms with Crippen LogP contribution in [0.3, 0.4) is 0 Å². The lowest BCUT2D eigenvalue weighted by Gasteiger charge is -2.29. The van der Waals surface area contributed by atoms with Crippen molar-refractivity contribution >= 4 is 33.3 Å². The molecule has 8 nitrogen and oxygen atoms in total. The first kappa shape index (κ1) is 20.6. The molecule has 5 aromatic rings. The van der Waals surface area contributed by atoms with Crippen LogP contribution >= 0.6 is 11.3 Å². The fourth-order valence-electron chi connectivity index (χ4n) is 4.39. The summed E-state index contributed by atoms with van der Waals surface area (Å²) in [6, 6.07) is 17.8. The molecule has 1 aliphatic rings. The van der Waals surface area contributed by atoms with Crippen molar-refractivity contribution in [2.75, 3.05) is 0 Å². The summed E-state index contributed by atoms with van der Waals surface area (Å²) in [6.07, 6.45) is 3.82. The number of rotatable bonds is 5. The smallest absolute Gasteiger partial charge is 0.283 e. The van der Waals surface area contributed by atoms with Crippen LogP contribution in [-0.4, -0.2) is 35.6 Å². The summed E-state index contributed by atoms with van der Waals surface area (Å²) in [7, 11) is 0. The van der Waals surface area contributed by atoms with Crippen LogP contribution in [0.15, 0.2) is 76.3 Å². The molecule has 0 saturated heterocycles. The highest BCUT2D eigenvalue weighted by Gasteiger charge is 2.26. The average molecular weight is 472 g/mol. The predicted molar refractivity (Wildman–Crippen MR) is 130 cm³/mol. The lowest BCUT2D eigenvalue weighted by atomic mass is 10.2. The Labute approximate surface area is 197 Å². The fraction of sp³-hybridized carbons (Fsp3) is 0.160. The molecule has 0 saturated carbocycles. The minimum absolute atomic E-state index is 0.178. The van der Waals surface area contributed by atoms with Crippen LogP contribution in [0.25, 0.3) is 27.1 Å². The number of hydrogen-bond donors (Lipinski definition) is 1. The Balaban J connectivity index is 1.60. The molecule has 0 bridgehead atoms. The third kappa shape index (κ3) is 3.37. The predicted octanol–water partition coefficient (Wildman–Crippen LogP) is 2.03. The molecule has 0 radical (unpaired) electrons. The van der Waals surface area contributed by atoms with E-state index in [1.54, 1.807) is 21.9 Å². The third-order valence-electron chi connectivity index (χ3n) is 6.03. The summed E-state index contributed by atoms with van der Waals surface area (Å²) in [5.74, 6) is 0.463. The molecule has 1 aliphatic heterocycles. The van der Waals surface area contributed by atoms with Gasteiger partial charge in [-0.05, 0) is 30.7 Å². The van der Waals surface area contributed by atoms with Gasteiger partial charge in [-0.15, -0.1) is 0 Å². The van der Waals surface area contributed by atoms with Crippen LogP contribution in [0.1, 0.15) is 18.4 Å². The van der Waals surface area contributed by atoms with E-state index < -0.39 is 6.23 Å². The summed E-state index contributed by atoms with van der Waals surface area (Å²) >= 11 is 1.47. The highest BCUT2D eigenvalue weighted by atomic mass is 32.1. The summed E-state index contributed by atoms with van der Waals surface area (Å²) in [5.41, 5.74) is 2.37. The van der Waals surface area contributed by atoms with E-state index in [1.807, 2.05) is 66.2 Å². The summed E-state index contributed by atoms with van der Waals surface area (Å²) in [5, 5.41) is 12.8. The van der Waals surface area contributed by atoms with E-state index in [4.69, 9.17) is 9.40 Å². The Morgan fingerprint density at radius 3 is 2.65 bits per heavy atom. The van der Waals surface area contributed by atoms with E-state index in [1.165, 1.54) is 17.6 Å². The number of aromatic nitrogens is 4. The van der Waals surface area contributed by atoms with E-state index >= 15 is 0 Å². The SMILES string of the molecule is CC1=c2c(n(Cc3ccccc3)n(-c3nc4ccccc4s3)c2=O)=CC(O)N1Cc1ncco1. The number of aliphatic hydroxyl groups excluding tert-OH is 1. The van der Waals surface area contributed by atoms with Gasteiger partial charge in [0.15, 0.2) is 0 Å². The molecule has 1 atom stereocenters. The number of benzene rings is 2. The molecule has 0 aliphatic carbocycles. The van der Waals surface area contributed by atoms with Gasteiger partial charge in [0.25, 0.3) is 5.56 Å². The van der Waals surface area contributed by atoms with E-state index in [0.717, 1.165) is 15.8 Å². The zero-order valence-corrected chi connectivity index (χ0v) is 19.1. The number of fused-ring (bicyclic) bond motifs is 2. The summed E-state index contributed by atoms with van der Waals surface area (Å²) < 4.78 is 9.91. The first-order chi connectivity index (χ1) is 16.6. The molecule has 0 spiro atoms. The monoisotopic (exact) mass is 471 g/mol. The van der Waals surface area contributed by atoms with Gasteiger partial charge in [0.2, 0.25) is 11.0 Å². The molecule has 0 fully saturated rings. The van der Waals surface area contributed by atoms with Crippen molar-refractivity contribution in [1.82, 2.24) is 24.2 Å². The van der Waals surface area contributed by atoms with E-state index in [0.29, 0.717) is 33.8 Å². The average Bonchev–Trinajstić information content (AvgIpc) is 3.56. The van der Waals surface area contributed by atoms with Gasteiger partial charge >= 0.3 is 0 Å². The first-order valence-corrected chi connectivity index (χ1v) is 11.7. The second-order valence-corrected chi connectivity index (χ2v) is 9.11. The van der Waals surface area contributed by atoms with Gasteiger partial charge in [-0.25, -0.2) is 9.97 Å². The maximum Gasteiger partial charge on any atom is 0.283 e. The third-order valence-corrected chi connectivity index (χ3v) is 7.04. The Bertz CT molecular complexity index is 1630. The molecule has 9 heteroatoms. The van der Waals surface area contributed by atoms with Crippen LogP contribution in [-0.2, 0) is 13.1 Å². The topological polar surface area (TPSA) is 89.3 Å². The molecule has 1 N–H and O–H groups in total. The molecule has 34 heavy (non-hydrogen) atoms. The maximum absolute atomic E-state index is 13.9. The van der Waals surface area contributed by atoms with Crippen LogP contribution in [0.5, 0.6) is 0 Å². The number of thiazole rings is 1. The second-order valence-electron chi connectivity index (χ2n) is 8.10. The summed E-state index contributed by atoms with van der Waals surface area (Å²) in [6.45, 7) is 2.55. The number of aliphatic hydroxyl groups is 1. The molecular formula is C25H21N5O3S.